The van der Waals surface area contributed by atoms with Crippen LogP contribution in [0, 0.1) is 13.8 Å². The fourth-order valence-electron chi connectivity index (χ4n) is 5.76. The number of azo groups is 2. The molecule has 18 heteroatoms. The normalized spacial score (nSPS) is 12.3. The van der Waals surface area contributed by atoms with Crippen LogP contribution < -0.4 is 10.6 Å². The van der Waals surface area contributed by atoms with Crippen molar-refractivity contribution in [3.63, 3.8) is 0 Å². The molecule has 0 aromatic heterocycles. The molecule has 5 aromatic rings. The maximum atomic E-state index is 13.4. The highest BCUT2D eigenvalue weighted by Gasteiger charge is 2.27. The summed E-state index contributed by atoms with van der Waals surface area (Å²) in [6, 6.07) is 18.2. The Morgan fingerprint density at radius 2 is 0.871 bits per heavy atom. The zero-order valence-corrected chi connectivity index (χ0v) is 37.7. The van der Waals surface area contributed by atoms with Gasteiger partial charge in [-0.2, -0.15) is 20.5 Å². The molecule has 0 aliphatic rings. The molecule has 2 amide bonds. The van der Waals surface area contributed by atoms with Crippen LogP contribution in [0.4, 0.5) is 22.7 Å². The fourth-order valence-corrected chi connectivity index (χ4v) is 6.92. The van der Waals surface area contributed by atoms with E-state index in [4.69, 9.17) is 69.6 Å². The van der Waals surface area contributed by atoms with Crippen LogP contribution in [0.2, 0.25) is 30.1 Å². The second-order valence-corrected chi connectivity index (χ2v) is 16.4. The molecule has 0 bridgehead atoms. The number of ketones is 4. The molecule has 5 rings (SSSR count). The summed E-state index contributed by atoms with van der Waals surface area (Å²) in [4.78, 5) is 78.1. The van der Waals surface area contributed by atoms with Crippen molar-refractivity contribution < 1.29 is 28.8 Å². The largest absolute Gasteiger partial charge is 0.322 e. The molecule has 0 aliphatic heterocycles. The van der Waals surface area contributed by atoms with Gasteiger partial charge in [0.15, 0.2) is 35.2 Å². The Morgan fingerprint density at radius 1 is 0.500 bits per heavy atom. The predicted octanol–water partition coefficient (Wildman–Crippen LogP) is 12.4. The van der Waals surface area contributed by atoms with Crippen molar-refractivity contribution in [1.29, 1.82) is 0 Å². The second kappa shape index (κ2) is 21.2. The Balaban J connectivity index is 1.27. The second-order valence-electron chi connectivity index (χ2n) is 13.9. The molecule has 318 valence electrons. The summed E-state index contributed by atoms with van der Waals surface area (Å²) in [5.41, 5.74) is 3.42. The third-order valence-corrected chi connectivity index (χ3v) is 11.0. The number of aryl methyl sites for hydroxylation is 2. The molecule has 0 saturated heterocycles. The first-order valence-corrected chi connectivity index (χ1v) is 20.7. The number of hydrogen-bond donors (Lipinski definition) is 2. The number of carbonyl (C=O) groups is 6. The van der Waals surface area contributed by atoms with Crippen molar-refractivity contribution in [3.8, 4) is 0 Å². The average Bonchev–Trinajstić information content (AvgIpc) is 3.20. The first-order chi connectivity index (χ1) is 29.3. The number of rotatable bonds is 16. The summed E-state index contributed by atoms with van der Waals surface area (Å²) in [6.07, 6.45) is -0.794. The lowest BCUT2D eigenvalue weighted by atomic mass is 9.97. The summed E-state index contributed by atoms with van der Waals surface area (Å²) in [6.45, 7) is 5.94. The van der Waals surface area contributed by atoms with Gasteiger partial charge in [-0.3, -0.25) is 28.8 Å². The molecule has 0 heterocycles. The quantitative estimate of drug-likeness (QED) is 0.0735. The number of halogens is 6. The number of anilines is 2. The number of hydrogen-bond acceptors (Lipinski definition) is 10. The number of amides is 2. The standard InChI is InChI=1S/C44H34Cl6N6O6/c1-21-5-9-29(45)19-35(21)51-43(61)25-7-11-31(47)37(15-25)53-55-41(23(3)57)39(59)17-27-13-34(50)28(14-33(27)49)18-40(60)42(24(4)58)56-54-38-16-26(8-12-32(38)48)44(62)52-36-20-30(46)10-6-22(36)2/h5-16,19-20,41-42H,17-18H2,1-4H3,(H,51,61)(H,52,62). The Hall–Kier alpha value is -5.34. The molecule has 0 spiro atoms. The Kier molecular flexibility index (Phi) is 16.3. The lowest BCUT2D eigenvalue weighted by Gasteiger charge is -2.13. The van der Waals surface area contributed by atoms with Crippen molar-refractivity contribution in [1.82, 2.24) is 0 Å². The third kappa shape index (κ3) is 12.4. The van der Waals surface area contributed by atoms with Gasteiger partial charge in [0.1, 0.15) is 11.4 Å². The summed E-state index contributed by atoms with van der Waals surface area (Å²) < 4.78 is 0. The molecule has 2 N–H and O–H groups in total. The Bertz CT molecular complexity index is 2520. The number of benzene rings is 5. The van der Waals surface area contributed by atoms with Gasteiger partial charge in [0.05, 0.1) is 10.0 Å². The van der Waals surface area contributed by atoms with E-state index in [-0.39, 0.29) is 53.7 Å². The van der Waals surface area contributed by atoms with Gasteiger partial charge in [-0.15, -0.1) is 0 Å². The summed E-state index contributed by atoms with van der Waals surface area (Å²) in [7, 11) is 0. The van der Waals surface area contributed by atoms with Gasteiger partial charge in [0.2, 0.25) is 0 Å². The van der Waals surface area contributed by atoms with E-state index in [0.717, 1.165) is 25.0 Å². The predicted molar refractivity (Wildman–Crippen MR) is 243 cm³/mol. The van der Waals surface area contributed by atoms with Gasteiger partial charge >= 0.3 is 0 Å². The first kappa shape index (κ1) is 47.7. The van der Waals surface area contributed by atoms with Crippen LogP contribution in [0.3, 0.4) is 0 Å². The van der Waals surface area contributed by atoms with Gasteiger partial charge in [-0.25, -0.2) is 0 Å². The zero-order chi connectivity index (χ0) is 45.4. The molecule has 0 radical (unpaired) electrons. The molecule has 5 aromatic carbocycles. The van der Waals surface area contributed by atoms with Gasteiger partial charge in [0, 0.05) is 55.4 Å². The molecular weight excluding hydrogens is 921 g/mol. The van der Waals surface area contributed by atoms with Gasteiger partial charge in [-0.05, 0) is 123 Å². The number of nitrogens with one attached hydrogen (secondary N) is 2. The molecule has 0 aliphatic carbocycles. The van der Waals surface area contributed by atoms with Crippen LogP contribution in [0.25, 0.3) is 0 Å². The molecule has 62 heavy (non-hydrogen) atoms. The molecule has 0 fully saturated rings. The van der Waals surface area contributed by atoms with Crippen LogP contribution >= 0.6 is 69.6 Å². The number of nitrogens with zero attached hydrogens (tertiary/aromatic N) is 4. The van der Waals surface area contributed by atoms with Crippen molar-refractivity contribution in [2.24, 2.45) is 20.5 Å². The van der Waals surface area contributed by atoms with E-state index in [0.29, 0.717) is 21.4 Å². The Labute approximate surface area is 386 Å². The van der Waals surface area contributed by atoms with Crippen molar-refractivity contribution in [2.75, 3.05) is 10.6 Å². The highest BCUT2D eigenvalue weighted by molar-refractivity contribution is 6.35. The van der Waals surface area contributed by atoms with E-state index >= 15 is 0 Å². The minimum absolute atomic E-state index is 0.0312. The van der Waals surface area contributed by atoms with Gasteiger partial charge in [0.25, 0.3) is 11.8 Å². The maximum absolute atomic E-state index is 13.4. The molecule has 0 saturated carbocycles. The van der Waals surface area contributed by atoms with E-state index in [1.54, 1.807) is 50.2 Å². The van der Waals surface area contributed by atoms with E-state index < -0.39 is 59.9 Å². The van der Waals surface area contributed by atoms with E-state index in [2.05, 4.69) is 31.1 Å². The molecular formula is C44H34Cl6N6O6. The molecule has 2 atom stereocenters. The number of Topliss-reactive ketones (excluding diaryl/α,β-unsaturated/α-hetero) is 4. The smallest absolute Gasteiger partial charge is 0.255 e. The van der Waals surface area contributed by atoms with Crippen LogP contribution in [0.1, 0.15) is 56.8 Å². The number of carbonyl (C=O) groups excluding carboxylic acids is 6. The summed E-state index contributed by atoms with van der Waals surface area (Å²) in [5.74, 6) is -3.58. The summed E-state index contributed by atoms with van der Waals surface area (Å²) in [5, 5.41) is 22.7. The lowest BCUT2D eigenvalue weighted by molar-refractivity contribution is -0.129. The highest BCUT2D eigenvalue weighted by Crippen LogP contribution is 2.32. The summed E-state index contributed by atoms with van der Waals surface area (Å²) >= 11 is 37.9. The van der Waals surface area contributed by atoms with Crippen molar-refractivity contribution >= 4 is 127 Å². The Morgan fingerprint density at radius 3 is 1.23 bits per heavy atom. The minimum Gasteiger partial charge on any atom is -0.322 e. The monoisotopic (exact) mass is 952 g/mol. The molecule has 2 unspecified atom stereocenters. The van der Waals surface area contributed by atoms with E-state index in [9.17, 15) is 28.8 Å². The lowest BCUT2D eigenvalue weighted by Crippen LogP contribution is -2.28. The minimum atomic E-state index is -1.56. The third-order valence-electron chi connectivity index (χ3n) is 9.20. The fraction of sp³-hybridized carbons (Fsp3) is 0.182. The molecule has 12 nitrogen and oxygen atoms in total. The zero-order valence-electron chi connectivity index (χ0n) is 33.2. The van der Waals surface area contributed by atoms with E-state index in [1.807, 2.05) is 0 Å². The van der Waals surface area contributed by atoms with Crippen molar-refractivity contribution in [2.45, 2.75) is 52.6 Å². The van der Waals surface area contributed by atoms with Crippen LogP contribution in [-0.4, -0.2) is 47.0 Å². The van der Waals surface area contributed by atoms with Gasteiger partial charge < -0.3 is 10.6 Å². The van der Waals surface area contributed by atoms with Crippen LogP contribution in [0.15, 0.2) is 105 Å². The average molecular weight is 956 g/mol. The van der Waals surface area contributed by atoms with E-state index in [1.165, 1.54) is 48.5 Å². The highest BCUT2D eigenvalue weighted by atomic mass is 35.5. The maximum Gasteiger partial charge on any atom is 0.255 e. The van der Waals surface area contributed by atoms with Crippen LogP contribution in [0.5, 0.6) is 0 Å². The first-order valence-electron chi connectivity index (χ1n) is 18.4. The SMILES string of the molecule is CC(=O)C(N=Nc1cc(C(=O)Nc2cc(Cl)ccc2C)ccc1Cl)C(=O)Cc1cc(Cl)c(CC(=O)C(N=Nc2cc(C(=O)Nc3cc(Cl)ccc3C)ccc2Cl)C(C)=O)cc1Cl. The van der Waals surface area contributed by atoms with Gasteiger partial charge in [-0.1, -0.05) is 81.7 Å². The van der Waals surface area contributed by atoms with Crippen LogP contribution in [-0.2, 0) is 32.0 Å². The topological polar surface area (TPSA) is 176 Å². The van der Waals surface area contributed by atoms with Crippen molar-refractivity contribution in [3.05, 3.63) is 148 Å².